The molecule has 0 heterocycles. The van der Waals surface area contributed by atoms with E-state index in [9.17, 15) is 14.4 Å². The number of nitrogens with two attached hydrogens (primary N) is 1. The van der Waals surface area contributed by atoms with E-state index >= 15 is 0 Å². The van der Waals surface area contributed by atoms with E-state index < -0.39 is 0 Å². The zero-order chi connectivity index (χ0) is 19.4. The summed E-state index contributed by atoms with van der Waals surface area (Å²) in [6.07, 6.45) is 0.253. The molecular formula is C18H27N3O4S. The van der Waals surface area contributed by atoms with Crippen LogP contribution < -0.4 is 11.1 Å². The van der Waals surface area contributed by atoms with E-state index in [1.807, 2.05) is 0 Å². The molecule has 1 rings (SSSR count). The van der Waals surface area contributed by atoms with Crippen molar-refractivity contribution in [1.82, 2.24) is 4.90 Å². The van der Waals surface area contributed by atoms with E-state index in [-0.39, 0.29) is 30.0 Å². The topological polar surface area (TPSA) is 102 Å². The number of anilines is 1. The maximum absolute atomic E-state index is 12.0. The highest BCUT2D eigenvalue weighted by Gasteiger charge is 2.09. The summed E-state index contributed by atoms with van der Waals surface area (Å²) in [4.78, 5) is 36.6. The van der Waals surface area contributed by atoms with Crippen molar-refractivity contribution in [2.24, 2.45) is 5.73 Å². The van der Waals surface area contributed by atoms with Crippen molar-refractivity contribution in [1.29, 1.82) is 0 Å². The van der Waals surface area contributed by atoms with Gasteiger partial charge in [0, 0.05) is 24.4 Å². The van der Waals surface area contributed by atoms with Gasteiger partial charge in [-0.05, 0) is 37.4 Å². The standard InChI is InChI=1S/C18H27N3O4S/c1-3-21(4-2)10-11-25-18(24)14-5-7-15(8-6-14)20-17(23)13-26-12-9-16(19)22/h5-8H,3-4,9-13H2,1-2H3,(H2,19,22)(H,20,23). The molecule has 0 unspecified atom stereocenters. The Kier molecular flexibility index (Phi) is 10.4. The van der Waals surface area contributed by atoms with Gasteiger partial charge in [-0.3, -0.25) is 9.59 Å². The van der Waals surface area contributed by atoms with Gasteiger partial charge in [0.2, 0.25) is 11.8 Å². The number of ether oxygens (including phenoxy) is 1. The van der Waals surface area contributed by atoms with Crippen LogP contribution in [-0.2, 0) is 14.3 Å². The third-order valence-corrected chi connectivity index (χ3v) is 4.62. The fourth-order valence-electron chi connectivity index (χ4n) is 2.11. The van der Waals surface area contributed by atoms with Crippen LogP contribution >= 0.6 is 11.8 Å². The second kappa shape index (κ2) is 12.3. The van der Waals surface area contributed by atoms with E-state index in [4.69, 9.17) is 10.5 Å². The van der Waals surface area contributed by atoms with Gasteiger partial charge in [-0.15, -0.1) is 0 Å². The van der Waals surface area contributed by atoms with Crippen LogP contribution in [-0.4, -0.2) is 60.4 Å². The van der Waals surface area contributed by atoms with Crippen LogP contribution in [0.1, 0.15) is 30.6 Å². The first-order valence-corrected chi connectivity index (χ1v) is 9.77. The number of carbonyl (C=O) groups is 3. The summed E-state index contributed by atoms with van der Waals surface area (Å²) in [5.74, 6) is -0.174. The van der Waals surface area contributed by atoms with Gasteiger partial charge in [0.15, 0.2) is 0 Å². The van der Waals surface area contributed by atoms with Crippen LogP contribution in [0, 0.1) is 0 Å². The molecule has 0 spiro atoms. The molecule has 0 bridgehead atoms. The van der Waals surface area contributed by atoms with E-state index in [1.165, 1.54) is 11.8 Å². The number of thioether (sulfide) groups is 1. The minimum Gasteiger partial charge on any atom is -0.461 e. The largest absolute Gasteiger partial charge is 0.461 e. The molecule has 0 atom stereocenters. The number of benzene rings is 1. The molecule has 1 aromatic carbocycles. The lowest BCUT2D eigenvalue weighted by Gasteiger charge is -2.17. The van der Waals surface area contributed by atoms with Crippen molar-refractivity contribution >= 4 is 35.2 Å². The summed E-state index contributed by atoms with van der Waals surface area (Å²) in [6, 6.07) is 6.56. The third kappa shape index (κ3) is 8.87. The maximum Gasteiger partial charge on any atom is 0.338 e. The van der Waals surface area contributed by atoms with Crippen molar-refractivity contribution in [3.05, 3.63) is 29.8 Å². The van der Waals surface area contributed by atoms with Crippen LogP contribution in [0.4, 0.5) is 5.69 Å². The number of carbonyl (C=O) groups excluding carboxylic acids is 3. The number of hydrogen-bond acceptors (Lipinski definition) is 6. The summed E-state index contributed by atoms with van der Waals surface area (Å²) < 4.78 is 5.26. The Morgan fingerprint density at radius 2 is 1.81 bits per heavy atom. The highest BCUT2D eigenvalue weighted by atomic mass is 32.2. The zero-order valence-electron chi connectivity index (χ0n) is 15.3. The maximum atomic E-state index is 12.0. The molecule has 2 amide bonds. The SMILES string of the molecule is CCN(CC)CCOC(=O)c1ccc(NC(=O)CSCCC(N)=O)cc1. The highest BCUT2D eigenvalue weighted by molar-refractivity contribution is 7.99. The lowest BCUT2D eigenvalue weighted by Crippen LogP contribution is -2.27. The molecule has 0 aliphatic heterocycles. The van der Waals surface area contributed by atoms with Crippen LogP contribution in [0.25, 0.3) is 0 Å². The number of rotatable bonds is 12. The second-order valence-corrected chi connectivity index (χ2v) is 6.66. The number of nitrogens with zero attached hydrogens (tertiary/aromatic N) is 1. The average molecular weight is 381 g/mol. The Bertz CT molecular complexity index is 589. The average Bonchev–Trinajstić information content (AvgIpc) is 2.62. The van der Waals surface area contributed by atoms with Crippen molar-refractivity contribution in [3.8, 4) is 0 Å². The first-order valence-electron chi connectivity index (χ1n) is 8.61. The van der Waals surface area contributed by atoms with Crippen LogP contribution in [0.15, 0.2) is 24.3 Å². The van der Waals surface area contributed by atoms with Crippen LogP contribution in [0.5, 0.6) is 0 Å². The lowest BCUT2D eigenvalue weighted by molar-refractivity contribution is -0.117. The van der Waals surface area contributed by atoms with E-state index in [2.05, 4.69) is 24.1 Å². The smallest absolute Gasteiger partial charge is 0.338 e. The second-order valence-electron chi connectivity index (χ2n) is 5.56. The third-order valence-electron chi connectivity index (χ3n) is 3.67. The van der Waals surface area contributed by atoms with E-state index in [0.717, 1.165) is 13.1 Å². The number of primary amides is 1. The molecule has 0 saturated heterocycles. The van der Waals surface area contributed by atoms with E-state index in [0.29, 0.717) is 30.2 Å². The molecule has 0 fully saturated rings. The summed E-state index contributed by atoms with van der Waals surface area (Å²) in [7, 11) is 0. The molecule has 3 N–H and O–H groups in total. The quantitative estimate of drug-likeness (QED) is 0.422. The van der Waals surface area contributed by atoms with Crippen LogP contribution in [0.3, 0.4) is 0 Å². The van der Waals surface area contributed by atoms with Crippen molar-refractivity contribution in [3.63, 3.8) is 0 Å². The number of amides is 2. The Morgan fingerprint density at radius 1 is 1.15 bits per heavy atom. The van der Waals surface area contributed by atoms with Gasteiger partial charge in [-0.2, -0.15) is 11.8 Å². The van der Waals surface area contributed by atoms with Gasteiger partial charge in [-0.25, -0.2) is 4.79 Å². The van der Waals surface area contributed by atoms with Gasteiger partial charge in [0.1, 0.15) is 6.61 Å². The number of hydrogen-bond donors (Lipinski definition) is 2. The zero-order valence-corrected chi connectivity index (χ0v) is 16.1. The normalized spacial score (nSPS) is 10.6. The van der Waals surface area contributed by atoms with Crippen molar-refractivity contribution in [2.45, 2.75) is 20.3 Å². The first-order chi connectivity index (χ1) is 12.5. The number of esters is 1. The molecule has 7 nitrogen and oxygen atoms in total. The minimum absolute atomic E-state index is 0.172. The summed E-state index contributed by atoms with van der Waals surface area (Å²) in [6.45, 7) is 7.03. The highest BCUT2D eigenvalue weighted by Crippen LogP contribution is 2.12. The Hall–Kier alpha value is -2.06. The van der Waals surface area contributed by atoms with Crippen molar-refractivity contribution < 1.29 is 19.1 Å². The predicted molar refractivity (Wildman–Crippen MR) is 104 cm³/mol. The molecule has 8 heteroatoms. The minimum atomic E-state index is -0.378. The molecule has 0 aliphatic carbocycles. The molecule has 0 aliphatic rings. The molecule has 0 saturated carbocycles. The summed E-state index contributed by atoms with van der Waals surface area (Å²) in [5.41, 5.74) is 6.08. The monoisotopic (exact) mass is 381 g/mol. The summed E-state index contributed by atoms with van der Waals surface area (Å²) >= 11 is 1.34. The summed E-state index contributed by atoms with van der Waals surface area (Å²) in [5, 5.41) is 2.73. The Balaban J connectivity index is 2.36. The number of likely N-dealkylation sites (N-methyl/N-ethyl adjacent to an activating group) is 1. The Labute approximate surface area is 158 Å². The molecule has 26 heavy (non-hydrogen) atoms. The molecule has 0 radical (unpaired) electrons. The molecular weight excluding hydrogens is 354 g/mol. The Morgan fingerprint density at radius 3 is 2.38 bits per heavy atom. The van der Waals surface area contributed by atoms with E-state index in [1.54, 1.807) is 24.3 Å². The van der Waals surface area contributed by atoms with Crippen LogP contribution in [0.2, 0.25) is 0 Å². The number of nitrogens with one attached hydrogen (secondary N) is 1. The van der Waals surface area contributed by atoms with Gasteiger partial charge >= 0.3 is 5.97 Å². The van der Waals surface area contributed by atoms with Gasteiger partial charge < -0.3 is 20.7 Å². The van der Waals surface area contributed by atoms with Gasteiger partial charge in [-0.1, -0.05) is 13.8 Å². The van der Waals surface area contributed by atoms with Gasteiger partial charge in [0.25, 0.3) is 0 Å². The lowest BCUT2D eigenvalue weighted by atomic mass is 10.2. The predicted octanol–water partition coefficient (Wildman–Crippen LogP) is 1.73. The molecule has 144 valence electrons. The van der Waals surface area contributed by atoms with Crippen molar-refractivity contribution in [2.75, 3.05) is 43.1 Å². The fourth-order valence-corrected chi connectivity index (χ4v) is 2.86. The first kappa shape index (κ1) is 22.0. The fraction of sp³-hybridized carbons (Fsp3) is 0.500. The van der Waals surface area contributed by atoms with Gasteiger partial charge in [0.05, 0.1) is 11.3 Å². The molecule has 0 aromatic heterocycles. The molecule has 1 aromatic rings.